The fraction of sp³-hybridized carbons (Fsp3) is 0.167. The summed E-state index contributed by atoms with van der Waals surface area (Å²) in [4.78, 5) is 22.4. The van der Waals surface area contributed by atoms with Gasteiger partial charge in [-0.25, -0.2) is 14.4 Å². The van der Waals surface area contributed by atoms with Gasteiger partial charge < -0.3 is 4.90 Å². The maximum atomic E-state index is 13.2. The first kappa shape index (κ1) is 16.4. The molecule has 0 saturated heterocycles. The van der Waals surface area contributed by atoms with Crippen molar-refractivity contribution in [2.24, 2.45) is 0 Å². The molecule has 0 spiro atoms. The Bertz CT molecular complexity index is 866. The molecule has 3 aromatic rings. The molecule has 1 aromatic heterocycles. The van der Waals surface area contributed by atoms with Crippen molar-refractivity contribution in [2.45, 2.75) is 11.6 Å². The van der Waals surface area contributed by atoms with Crippen LogP contribution in [0.15, 0.2) is 59.9 Å². The predicted molar refractivity (Wildman–Crippen MR) is 93.1 cm³/mol. The second kappa shape index (κ2) is 7.40. The van der Waals surface area contributed by atoms with Gasteiger partial charge >= 0.3 is 0 Å². The number of nitrogens with zero attached hydrogens (tertiary/aromatic N) is 3. The summed E-state index contributed by atoms with van der Waals surface area (Å²) in [5.41, 5.74) is 1.62. The summed E-state index contributed by atoms with van der Waals surface area (Å²) < 4.78 is 13.2. The van der Waals surface area contributed by atoms with Gasteiger partial charge in [0, 0.05) is 19.0 Å². The van der Waals surface area contributed by atoms with E-state index < -0.39 is 0 Å². The Morgan fingerprint density at radius 3 is 2.83 bits per heavy atom. The van der Waals surface area contributed by atoms with Crippen molar-refractivity contribution in [3.05, 3.63) is 66.2 Å². The summed E-state index contributed by atoms with van der Waals surface area (Å²) in [7, 11) is 1.71. The molecule has 0 unspecified atom stereocenters. The van der Waals surface area contributed by atoms with Crippen molar-refractivity contribution in [3.8, 4) is 0 Å². The van der Waals surface area contributed by atoms with Crippen molar-refractivity contribution < 1.29 is 9.18 Å². The molecule has 4 nitrogen and oxygen atoms in total. The standard InChI is InChI=1S/C18H16FN3OS/c1-22(10-13-5-4-6-14(19)9-13)17(23)11-24-18-15-7-2-3-8-16(15)20-12-21-18/h2-9,12H,10-11H2,1H3. The molecule has 0 aliphatic heterocycles. The molecule has 0 bridgehead atoms. The summed E-state index contributed by atoms with van der Waals surface area (Å²) in [5, 5.41) is 1.72. The molecule has 0 atom stereocenters. The Kier molecular flexibility index (Phi) is 5.05. The molecule has 1 amide bonds. The molecular weight excluding hydrogens is 325 g/mol. The van der Waals surface area contributed by atoms with Crippen LogP contribution in [0.3, 0.4) is 0 Å². The molecule has 3 rings (SSSR count). The van der Waals surface area contributed by atoms with Gasteiger partial charge in [-0.1, -0.05) is 42.1 Å². The number of amides is 1. The van der Waals surface area contributed by atoms with Gasteiger partial charge in [0.25, 0.3) is 0 Å². The van der Waals surface area contributed by atoms with Crippen molar-refractivity contribution >= 4 is 28.6 Å². The molecule has 6 heteroatoms. The molecule has 1 heterocycles. The SMILES string of the molecule is CN(Cc1cccc(F)c1)C(=O)CSc1ncnc2ccccc12. The highest BCUT2D eigenvalue weighted by Gasteiger charge is 2.12. The number of halogens is 1. The number of hydrogen-bond acceptors (Lipinski definition) is 4. The van der Waals surface area contributed by atoms with Gasteiger partial charge in [-0.2, -0.15) is 0 Å². The molecule has 122 valence electrons. The Balaban J connectivity index is 1.64. The third kappa shape index (κ3) is 3.89. The second-order valence-corrected chi connectivity index (χ2v) is 6.33. The average Bonchev–Trinajstić information content (AvgIpc) is 2.59. The first-order chi connectivity index (χ1) is 11.6. The molecule has 24 heavy (non-hydrogen) atoms. The van der Waals surface area contributed by atoms with E-state index in [1.165, 1.54) is 30.2 Å². The molecule has 0 fully saturated rings. The van der Waals surface area contributed by atoms with E-state index in [0.29, 0.717) is 6.54 Å². The fourth-order valence-corrected chi connectivity index (χ4v) is 3.26. The maximum absolute atomic E-state index is 13.2. The Morgan fingerprint density at radius 2 is 2.00 bits per heavy atom. The van der Waals surface area contributed by atoms with Crippen LogP contribution in [0.25, 0.3) is 10.9 Å². The summed E-state index contributed by atoms with van der Waals surface area (Å²) in [6, 6.07) is 14.0. The topological polar surface area (TPSA) is 46.1 Å². The van der Waals surface area contributed by atoms with E-state index in [4.69, 9.17) is 0 Å². The van der Waals surface area contributed by atoms with Crippen LogP contribution in [0, 0.1) is 5.82 Å². The predicted octanol–water partition coefficient (Wildman–Crippen LogP) is 3.52. The van der Waals surface area contributed by atoms with Crippen LogP contribution in [0.5, 0.6) is 0 Å². The monoisotopic (exact) mass is 341 g/mol. The zero-order valence-corrected chi connectivity index (χ0v) is 14.0. The molecule has 2 aromatic carbocycles. The number of carbonyl (C=O) groups is 1. The van der Waals surface area contributed by atoms with Crippen LogP contribution in [-0.4, -0.2) is 33.6 Å². The zero-order valence-electron chi connectivity index (χ0n) is 13.1. The highest BCUT2D eigenvalue weighted by Crippen LogP contribution is 2.24. The van der Waals surface area contributed by atoms with Crippen LogP contribution < -0.4 is 0 Å². The number of carbonyl (C=O) groups excluding carboxylic acids is 1. The summed E-state index contributed by atoms with van der Waals surface area (Å²) in [6.07, 6.45) is 1.51. The van der Waals surface area contributed by atoms with Gasteiger partial charge in [0.15, 0.2) is 0 Å². The molecule has 0 N–H and O–H groups in total. The number of aromatic nitrogens is 2. The van der Waals surface area contributed by atoms with E-state index >= 15 is 0 Å². The Labute approximate surface area is 143 Å². The van der Waals surface area contributed by atoms with E-state index in [0.717, 1.165) is 21.5 Å². The smallest absolute Gasteiger partial charge is 0.233 e. The summed E-state index contributed by atoms with van der Waals surface area (Å²) >= 11 is 1.38. The van der Waals surface area contributed by atoms with Crippen molar-refractivity contribution in [3.63, 3.8) is 0 Å². The molecule has 0 radical (unpaired) electrons. The Hall–Kier alpha value is -2.47. The van der Waals surface area contributed by atoms with Gasteiger partial charge in [-0.3, -0.25) is 4.79 Å². The summed E-state index contributed by atoms with van der Waals surface area (Å²) in [6.45, 7) is 0.377. The number of benzene rings is 2. The minimum atomic E-state index is -0.296. The highest BCUT2D eigenvalue weighted by atomic mass is 32.2. The number of thioether (sulfide) groups is 1. The third-order valence-electron chi connectivity index (χ3n) is 3.57. The van der Waals surface area contributed by atoms with Gasteiger partial charge in [0.05, 0.1) is 11.3 Å². The first-order valence-corrected chi connectivity index (χ1v) is 8.43. The number of fused-ring (bicyclic) bond motifs is 1. The fourth-order valence-electron chi connectivity index (χ4n) is 2.33. The number of rotatable bonds is 5. The lowest BCUT2D eigenvalue weighted by Crippen LogP contribution is -2.27. The van der Waals surface area contributed by atoms with Crippen molar-refractivity contribution in [1.29, 1.82) is 0 Å². The largest absolute Gasteiger partial charge is 0.341 e. The van der Waals surface area contributed by atoms with E-state index in [2.05, 4.69) is 9.97 Å². The molecule has 0 aliphatic rings. The number of para-hydroxylation sites is 1. The lowest BCUT2D eigenvalue weighted by atomic mass is 10.2. The van der Waals surface area contributed by atoms with Gasteiger partial charge in [0.1, 0.15) is 17.2 Å². The van der Waals surface area contributed by atoms with E-state index in [1.807, 2.05) is 24.3 Å². The van der Waals surface area contributed by atoms with Crippen molar-refractivity contribution in [1.82, 2.24) is 14.9 Å². The van der Waals surface area contributed by atoms with Gasteiger partial charge in [0.2, 0.25) is 5.91 Å². The van der Waals surface area contributed by atoms with E-state index in [-0.39, 0.29) is 17.5 Å². The quantitative estimate of drug-likeness (QED) is 0.526. The van der Waals surface area contributed by atoms with E-state index in [9.17, 15) is 9.18 Å². The molecule has 0 aliphatic carbocycles. The van der Waals surface area contributed by atoms with Crippen LogP contribution in [0.4, 0.5) is 4.39 Å². The minimum Gasteiger partial charge on any atom is -0.341 e. The lowest BCUT2D eigenvalue weighted by Gasteiger charge is -2.17. The van der Waals surface area contributed by atoms with Gasteiger partial charge in [-0.05, 0) is 23.8 Å². The van der Waals surface area contributed by atoms with Crippen LogP contribution >= 0.6 is 11.8 Å². The first-order valence-electron chi connectivity index (χ1n) is 7.44. The maximum Gasteiger partial charge on any atom is 0.233 e. The average molecular weight is 341 g/mol. The second-order valence-electron chi connectivity index (χ2n) is 5.36. The van der Waals surface area contributed by atoms with Crippen molar-refractivity contribution in [2.75, 3.05) is 12.8 Å². The summed E-state index contributed by atoms with van der Waals surface area (Å²) in [5.74, 6) is -0.0607. The third-order valence-corrected chi connectivity index (χ3v) is 4.56. The minimum absolute atomic E-state index is 0.0352. The van der Waals surface area contributed by atoms with Crippen LogP contribution in [0.1, 0.15) is 5.56 Å². The Morgan fingerprint density at radius 1 is 1.17 bits per heavy atom. The van der Waals surface area contributed by atoms with Crippen LogP contribution in [0.2, 0.25) is 0 Å². The van der Waals surface area contributed by atoms with Gasteiger partial charge in [-0.15, -0.1) is 0 Å². The number of hydrogen-bond donors (Lipinski definition) is 0. The molecular formula is C18H16FN3OS. The highest BCUT2D eigenvalue weighted by molar-refractivity contribution is 8.00. The van der Waals surface area contributed by atoms with E-state index in [1.54, 1.807) is 24.1 Å². The normalized spacial score (nSPS) is 10.8. The molecule has 0 saturated carbocycles. The van der Waals surface area contributed by atoms with Crippen LogP contribution in [-0.2, 0) is 11.3 Å². The zero-order chi connectivity index (χ0) is 16.9. The lowest BCUT2D eigenvalue weighted by molar-refractivity contribution is -0.127.